The topological polar surface area (TPSA) is 78.9 Å². The van der Waals surface area contributed by atoms with Crippen molar-refractivity contribution < 1.29 is 23.8 Å². The van der Waals surface area contributed by atoms with Crippen LogP contribution in [-0.4, -0.2) is 47.2 Å². The molecule has 0 bridgehead atoms. The van der Waals surface area contributed by atoms with Crippen LogP contribution in [0.25, 0.3) is 0 Å². The van der Waals surface area contributed by atoms with Gasteiger partial charge in [0.25, 0.3) is 5.91 Å². The van der Waals surface area contributed by atoms with Crippen LogP contribution in [0.3, 0.4) is 0 Å². The molecule has 2 aliphatic heterocycles. The lowest BCUT2D eigenvalue weighted by atomic mass is 9.56. The second-order valence-corrected chi connectivity index (χ2v) is 12.6. The quantitative estimate of drug-likeness (QED) is 0.464. The van der Waals surface area contributed by atoms with Crippen molar-refractivity contribution in [1.82, 2.24) is 4.90 Å². The Morgan fingerprint density at radius 3 is 2.36 bits per heavy atom. The molecule has 2 saturated heterocycles. The van der Waals surface area contributed by atoms with Crippen LogP contribution in [0.15, 0.2) is 42.5 Å². The average molecular weight is 537 g/mol. The van der Waals surface area contributed by atoms with E-state index in [1.807, 2.05) is 49.9 Å². The number of halogens is 1. The first-order chi connectivity index (χ1) is 18.6. The van der Waals surface area contributed by atoms with E-state index < -0.39 is 34.6 Å². The number of carboxylic acids is 1. The molecular weight excluding hydrogens is 495 g/mol. The molecule has 3 aliphatic rings. The second-order valence-electron chi connectivity index (χ2n) is 12.6. The molecule has 210 valence electrons. The van der Waals surface area contributed by atoms with Crippen LogP contribution in [0.2, 0.25) is 0 Å². The Labute approximate surface area is 230 Å². The van der Waals surface area contributed by atoms with Crippen molar-refractivity contribution in [2.45, 2.75) is 83.8 Å². The van der Waals surface area contributed by atoms with Crippen LogP contribution in [-0.2, 0) is 15.1 Å². The highest BCUT2D eigenvalue weighted by Gasteiger charge is 2.64. The summed E-state index contributed by atoms with van der Waals surface area (Å²) in [4.78, 5) is 29.5. The fourth-order valence-corrected chi connectivity index (χ4v) is 7.70. The first-order valence-corrected chi connectivity index (χ1v) is 14.3. The Bertz CT molecular complexity index is 1200. The molecule has 7 heteroatoms. The maximum atomic E-state index is 15.3. The Kier molecular flexibility index (Phi) is 7.49. The number of hydrogen-bond acceptors (Lipinski definition) is 4. The van der Waals surface area contributed by atoms with Gasteiger partial charge < -0.3 is 20.1 Å². The summed E-state index contributed by atoms with van der Waals surface area (Å²) < 4.78 is 20.8. The number of nitrogens with zero attached hydrogens (tertiary/aromatic N) is 1. The van der Waals surface area contributed by atoms with Gasteiger partial charge in [0.15, 0.2) is 0 Å². The third kappa shape index (κ3) is 4.73. The Balaban J connectivity index is 1.67. The molecule has 3 fully saturated rings. The SMILES string of the molecule is Cc1cccc(F)c1C(=O)N1C2CCCC2CC(C(=O)O)C1(c1ccc(NC2CCOCC2)cc1)C(C)(C)C. The number of fused-ring (bicyclic) bond motifs is 1. The number of amides is 1. The minimum absolute atomic E-state index is 0.0422. The lowest BCUT2D eigenvalue weighted by Gasteiger charge is -2.61. The predicted molar refractivity (Wildman–Crippen MR) is 149 cm³/mol. The Morgan fingerprint density at radius 1 is 1.05 bits per heavy atom. The average Bonchev–Trinajstić information content (AvgIpc) is 3.36. The van der Waals surface area contributed by atoms with E-state index in [2.05, 4.69) is 5.32 Å². The van der Waals surface area contributed by atoms with Crippen molar-refractivity contribution in [1.29, 1.82) is 0 Å². The summed E-state index contributed by atoms with van der Waals surface area (Å²) >= 11 is 0. The summed E-state index contributed by atoms with van der Waals surface area (Å²) in [6.45, 7) is 9.26. The van der Waals surface area contributed by atoms with Crippen LogP contribution in [0.5, 0.6) is 0 Å². The van der Waals surface area contributed by atoms with Gasteiger partial charge in [-0.05, 0) is 79.7 Å². The van der Waals surface area contributed by atoms with Crippen molar-refractivity contribution in [3.05, 3.63) is 65.0 Å². The summed E-state index contributed by atoms with van der Waals surface area (Å²) in [6, 6.07) is 12.8. The monoisotopic (exact) mass is 536 g/mol. The zero-order chi connectivity index (χ0) is 27.9. The van der Waals surface area contributed by atoms with Crippen LogP contribution in [0.4, 0.5) is 10.1 Å². The lowest BCUT2D eigenvalue weighted by Crippen LogP contribution is -2.69. The van der Waals surface area contributed by atoms with E-state index in [9.17, 15) is 14.7 Å². The van der Waals surface area contributed by atoms with Gasteiger partial charge in [0.2, 0.25) is 0 Å². The Hall–Kier alpha value is -2.93. The number of aliphatic carboxylic acids is 1. The number of likely N-dealkylation sites (tertiary alicyclic amines) is 1. The van der Waals surface area contributed by atoms with Crippen LogP contribution < -0.4 is 5.32 Å². The molecule has 2 N–H and O–H groups in total. The van der Waals surface area contributed by atoms with Gasteiger partial charge >= 0.3 is 5.97 Å². The van der Waals surface area contributed by atoms with Crippen molar-refractivity contribution >= 4 is 17.6 Å². The van der Waals surface area contributed by atoms with Crippen molar-refractivity contribution in [2.75, 3.05) is 18.5 Å². The first kappa shape index (κ1) is 27.6. The van der Waals surface area contributed by atoms with E-state index in [-0.39, 0.29) is 17.5 Å². The van der Waals surface area contributed by atoms with Gasteiger partial charge in [-0.25, -0.2) is 4.39 Å². The summed E-state index contributed by atoms with van der Waals surface area (Å²) in [7, 11) is 0. The molecule has 39 heavy (non-hydrogen) atoms. The molecule has 0 radical (unpaired) electrons. The van der Waals surface area contributed by atoms with E-state index in [0.717, 1.165) is 56.6 Å². The number of carbonyl (C=O) groups is 2. The highest BCUT2D eigenvalue weighted by atomic mass is 19.1. The predicted octanol–water partition coefficient (Wildman–Crippen LogP) is 6.38. The fourth-order valence-electron chi connectivity index (χ4n) is 7.70. The molecular formula is C32H41FN2O4. The third-order valence-corrected chi connectivity index (χ3v) is 9.39. The van der Waals surface area contributed by atoms with Gasteiger partial charge in [-0.1, -0.05) is 51.5 Å². The van der Waals surface area contributed by atoms with Crippen molar-refractivity contribution in [3.8, 4) is 0 Å². The molecule has 4 atom stereocenters. The Morgan fingerprint density at radius 2 is 1.74 bits per heavy atom. The van der Waals surface area contributed by atoms with E-state index in [4.69, 9.17) is 4.74 Å². The van der Waals surface area contributed by atoms with Gasteiger partial charge in [0, 0.05) is 31.0 Å². The standard InChI is InChI=1S/C32H41FN2O4/c1-20-7-5-9-26(33)28(20)29(36)35-27-10-6-8-21(27)19-25(30(37)38)32(35,31(2,3)4)22-11-13-23(14-12-22)34-24-15-17-39-18-16-24/h5,7,9,11-14,21,24-25,27,34H,6,8,10,15-19H2,1-4H3,(H,37,38). The normalized spacial score (nSPS) is 27.7. The van der Waals surface area contributed by atoms with E-state index in [1.54, 1.807) is 19.1 Å². The molecule has 0 aromatic heterocycles. The number of rotatable bonds is 5. The van der Waals surface area contributed by atoms with Crippen LogP contribution >= 0.6 is 0 Å². The number of benzene rings is 2. The maximum Gasteiger partial charge on any atom is 0.309 e. The molecule has 4 unspecified atom stereocenters. The second kappa shape index (κ2) is 10.6. The van der Waals surface area contributed by atoms with Gasteiger partial charge in [0.05, 0.1) is 17.0 Å². The molecule has 1 aliphatic carbocycles. The number of anilines is 1. The minimum atomic E-state index is -1.17. The third-order valence-electron chi connectivity index (χ3n) is 9.39. The molecule has 0 spiro atoms. The summed E-state index contributed by atoms with van der Waals surface area (Å²) in [5, 5.41) is 14.3. The summed E-state index contributed by atoms with van der Waals surface area (Å²) in [5.41, 5.74) is 0.513. The molecule has 2 heterocycles. The number of ether oxygens (including phenoxy) is 1. The number of piperidine rings is 1. The molecule has 6 nitrogen and oxygen atoms in total. The highest BCUT2D eigenvalue weighted by molar-refractivity contribution is 5.97. The zero-order valence-corrected chi connectivity index (χ0v) is 23.5. The van der Waals surface area contributed by atoms with E-state index >= 15 is 4.39 Å². The number of hydrogen-bond donors (Lipinski definition) is 2. The fraction of sp³-hybridized carbons (Fsp3) is 0.562. The van der Waals surface area contributed by atoms with Crippen molar-refractivity contribution in [3.63, 3.8) is 0 Å². The largest absolute Gasteiger partial charge is 0.481 e. The summed E-state index contributed by atoms with van der Waals surface area (Å²) in [6.07, 6.45) is 4.96. The summed E-state index contributed by atoms with van der Waals surface area (Å²) in [5.74, 6) is -2.64. The first-order valence-electron chi connectivity index (χ1n) is 14.3. The van der Waals surface area contributed by atoms with Gasteiger partial charge in [-0.2, -0.15) is 0 Å². The van der Waals surface area contributed by atoms with E-state index in [1.165, 1.54) is 6.07 Å². The number of carbonyl (C=O) groups excluding carboxylic acids is 1. The van der Waals surface area contributed by atoms with E-state index in [0.29, 0.717) is 18.0 Å². The van der Waals surface area contributed by atoms with Gasteiger partial charge in [0.1, 0.15) is 5.82 Å². The minimum Gasteiger partial charge on any atom is -0.481 e. The number of carboxylic acid groups (broad SMARTS) is 1. The smallest absolute Gasteiger partial charge is 0.309 e. The highest BCUT2D eigenvalue weighted by Crippen LogP contribution is 2.59. The maximum absolute atomic E-state index is 15.3. The van der Waals surface area contributed by atoms with Crippen LogP contribution in [0, 0.1) is 30.0 Å². The van der Waals surface area contributed by atoms with Crippen LogP contribution in [0.1, 0.15) is 80.8 Å². The molecule has 5 rings (SSSR count). The zero-order valence-electron chi connectivity index (χ0n) is 23.5. The molecule has 2 aromatic rings. The molecule has 2 aromatic carbocycles. The number of aryl methyl sites for hydroxylation is 1. The lowest BCUT2D eigenvalue weighted by molar-refractivity contribution is -0.165. The van der Waals surface area contributed by atoms with Gasteiger partial charge in [-0.3, -0.25) is 9.59 Å². The van der Waals surface area contributed by atoms with Gasteiger partial charge in [-0.15, -0.1) is 0 Å². The van der Waals surface area contributed by atoms with Crippen molar-refractivity contribution in [2.24, 2.45) is 17.3 Å². The number of nitrogens with one attached hydrogen (secondary N) is 1. The molecule has 1 saturated carbocycles. The molecule has 1 amide bonds.